The smallest absolute Gasteiger partial charge is 0.280 e. The third-order valence-corrected chi connectivity index (χ3v) is 2.57. The van der Waals surface area contributed by atoms with E-state index in [2.05, 4.69) is 9.72 Å². The molecule has 0 bridgehead atoms. The Morgan fingerprint density at radius 3 is 2.44 bits per heavy atom. The highest BCUT2D eigenvalue weighted by Crippen LogP contribution is 2.29. The van der Waals surface area contributed by atoms with Crippen LogP contribution >= 0.6 is 0 Å². The second-order valence-electron chi connectivity index (χ2n) is 2.72. The van der Waals surface area contributed by atoms with Crippen molar-refractivity contribution < 1.29 is 26.3 Å². The molecule has 90 valence electrons. The van der Waals surface area contributed by atoms with Crippen molar-refractivity contribution in [3.63, 3.8) is 0 Å². The number of ether oxygens (including phenoxy) is 1. The molecule has 16 heavy (non-hydrogen) atoms. The second kappa shape index (κ2) is 4.26. The summed E-state index contributed by atoms with van der Waals surface area (Å²) >= 11 is 0. The van der Waals surface area contributed by atoms with Crippen molar-refractivity contribution in [1.29, 1.82) is 0 Å². The molecule has 0 unspecified atom stereocenters. The van der Waals surface area contributed by atoms with Gasteiger partial charge in [-0.05, 0) is 6.07 Å². The van der Waals surface area contributed by atoms with Crippen LogP contribution < -0.4 is 9.88 Å². The number of methoxy groups -OCH3 is 1. The van der Waals surface area contributed by atoms with E-state index in [9.17, 15) is 21.6 Å². The Kier molecular flexibility index (Phi) is 3.38. The number of nitrogens with zero attached hydrogens (tertiary/aromatic N) is 1. The first kappa shape index (κ1) is 12.7. The van der Waals surface area contributed by atoms with E-state index in [0.29, 0.717) is 6.07 Å². The van der Waals surface area contributed by atoms with Gasteiger partial charge in [0.2, 0.25) is 10.0 Å². The zero-order chi connectivity index (χ0) is 12.5. The van der Waals surface area contributed by atoms with Gasteiger partial charge >= 0.3 is 0 Å². The number of nitrogens with two attached hydrogens (primary N) is 1. The quantitative estimate of drug-likeness (QED) is 0.811. The lowest BCUT2D eigenvalue weighted by Crippen LogP contribution is -2.15. The van der Waals surface area contributed by atoms with Crippen LogP contribution in [0.25, 0.3) is 0 Å². The van der Waals surface area contributed by atoms with Crippen LogP contribution in [0, 0.1) is 5.95 Å². The first-order valence-corrected chi connectivity index (χ1v) is 5.37. The van der Waals surface area contributed by atoms with E-state index in [1.807, 2.05) is 0 Å². The summed E-state index contributed by atoms with van der Waals surface area (Å²) in [5.74, 6) is -2.24. The molecule has 0 atom stereocenters. The van der Waals surface area contributed by atoms with Crippen molar-refractivity contribution in [3.05, 3.63) is 17.7 Å². The topological polar surface area (TPSA) is 82.3 Å². The minimum Gasteiger partial charge on any atom is -0.491 e. The SMILES string of the molecule is COc1c(S(N)(=O)=O)cc(C(F)F)nc1F. The predicted octanol–water partition coefficient (Wildman–Crippen LogP) is 0.814. The normalized spacial score (nSPS) is 11.9. The molecular formula is C7H7F3N2O3S. The average Bonchev–Trinajstić information content (AvgIpc) is 2.14. The number of hydrogen-bond donors (Lipinski definition) is 1. The lowest BCUT2D eigenvalue weighted by atomic mass is 10.3. The van der Waals surface area contributed by atoms with Crippen molar-refractivity contribution in [3.8, 4) is 5.75 Å². The van der Waals surface area contributed by atoms with E-state index in [1.165, 1.54) is 0 Å². The van der Waals surface area contributed by atoms with E-state index in [1.54, 1.807) is 0 Å². The number of halogens is 3. The van der Waals surface area contributed by atoms with Gasteiger partial charge in [0.1, 0.15) is 10.6 Å². The molecule has 0 aromatic carbocycles. The van der Waals surface area contributed by atoms with Gasteiger partial charge in [0.15, 0.2) is 5.75 Å². The Morgan fingerprint density at radius 1 is 1.50 bits per heavy atom. The van der Waals surface area contributed by atoms with Crippen molar-refractivity contribution in [2.24, 2.45) is 5.14 Å². The van der Waals surface area contributed by atoms with Crippen LogP contribution in [-0.4, -0.2) is 20.5 Å². The van der Waals surface area contributed by atoms with Gasteiger partial charge in [0, 0.05) is 0 Å². The predicted molar refractivity (Wildman–Crippen MR) is 47.1 cm³/mol. The molecule has 9 heteroatoms. The van der Waals surface area contributed by atoms with Crippen molar-refractivity contribution in [2.75, 3.05) is 7.11 Å². The molecule has 0 aliphatic rings. The standard InChI is InChI=1S/C7H7F3N2O3S/c1-15-5-4(16(11,13)14)2-3(6(8)9)12-7(5)10/h2,6H,1H3,(H2,11,13,14). The van der Waals surface area contributed by atoms with Crippen LogP contribution in [0.5, 0.6) is 5.75 Å². The van der Waals surface area contributed by atoms with Gasteiger partial charge in [0.25, 0.3) is 12.4 Å². The van der Waals surface area contributed by atoms with Gasteiger partial charge in [-0.2, -0.15) is 4.39 Å². The maximum absolute atomic E-state index is 13.1. The Labute approximate surface area is 89.1 Å². The number of alkyl halides is 2. The Balaban J connectivity index is 3.56. The van der Waals surface area contributed by atoms with Gasteiger partial charge in [-0.3, -0.25) is 0 Å². The van der Waals surface area contributed by atoms with Crippen LogP contribution in [0.3, 0.4) is 0 Å². The monoisotopic (exact) mass is 256 g/mol. The molecule has 0 saturated carbocycles. The molecule has 0 aliphatic heterocycles. The van der Waals surface area contributed by atoms with Gasteiger partial charge in [-0.15, -0.1) is 0 Å². The number of rotatable bonds is 3. The van der Waals surface area contributed by atoms with E-state index in [-0.39, 0.29) is 0 Å². The molecule has 1 rings (SSSR count). The summed E-state index contributed by atoms with van der Waals surface area (Å²) in [5, 5.41) is 4.72. The maximum Gasteiger partial charge on any atom is 0.280 e. The molecule has 0 spiro atoms. The summed E-state index contributed by atoms with van der Waals surface area (Å²) < 4.78 is 64.0. The summed E-state index contributed by atoms with van der Waals surface area (Å²) in [5.41, 5.74) is -1.03. The highest BCUT2D eigenvalue weighted by atomic mass is 32.2. The highest BCUT2D eigenvalue weighted by Gasteiger charge is 2.24. The fourth-order valence-electron chi connectivity index (χ4n) is 1.01. The number of pyridine rings is 1. The zero-order valence-corrected chi connectivity index (χ0v) is 8.76. The number of primary sulfonamides is 1. The van der Waals surface area contributed by atoms with Gasteiger partial charge in [-0.1, -0.05) is 0 Å². The van der Waals surface area contributed by atoms with Gasteiger partial charge < -0.3 is 4.74 Å². The summed E-state index contributed by atoms with van der Waals surface area (Å²) in [4.78, 5) is 1.99. The van der Waals surface area contributed by atoms with E-state index >= 15 is 0 Å². The first-order valence-electron chi connectivity index (χ1n) is 3.82. The van der Waals surface area contributed by atoms with Gasteiger partial charge in [-0.25, -0.2) is 27.3 Å². The molecule has 1 aromatic rings. The van der Waals surface area contributed by atoms with Gasteiger partial charge in [0.05, 0.1) is 7.11 Å². The summed E-state index contributed by atoms with van der Waals surface area (Å²) in [6.07, 6.45) is -3.11. The third kappa shape index (κ3) is 2.42. The fourth-order valence-corrected chi connectivity index (χ4v) is 1.72. The Morgan fingerprint density at radius 2 is 2.06 bits per heavy atom. The van der Waals surface area contributed by atoms with Crippen molar-refractivity contribution >= 4 is 10.0 Å². The van der Waals surface area contributed by atoms with Crippen LogP contribution in [0.2, 0.25) is 0 Å². The van der Waals surface area contributed by atoms with Crippen LogP contribution in [0.15, 0.2) is 11.0 Å². The minimum absolute atomic E-state index is 0.474. The van der Waals surface area contributed by atoms with Crippen molar-refractivity contribution in [2.45, 2.75) is 11.3 Å². The lowest BCUT2D eigenvalue weighted by Gasteiger charge is -2.08. The summed E-state index contributed by atoms with van der Waals surface area (Å²) in [7, 11) is -3.39. The van der Waals surface area contributed by atoms with E-state index in [0.717, 1.165) is 7.11 Å². The molecular weight excluding hydrogens is 249 g/mol. The van der Waals surface area contributed by atoms with E-state index < -0.39 is 38.7 Å². The highest BCUT2D eigenvalue weighted by molar-refractivity contribution is 7.89. The maximum atomic E-state index is 13.1. The average molecular weight is 256 g/mol. The molecule has 0 saturated heterocycles. The molecule has 0 radical (unpaired) electrons. The van der Waals surface area contributed by atoms with Crippen molar-refractivity contribution in [1.82, 2.24) is 4.98 Å². The molecule has 2 N–H and O–H groups in total. The molecule has 1 aromatic heterocycles. The third-order valence-electron chi connectivity index (χ3n) is 1.65. The van der Waals surface area contributed by atoms with Crippen LogP contribution in [0.4, 0.5) is 13.2 Å². The van der Waals surface area contributed by atoms with E-state index in [4.69, 9.17) is 5.14 Å². The summed E-state index contributed by atoms with van der Waals surface area (Å²) in [6.45, 7) is 0. The zero-order valence-electron chi connectivity index (χ0n) is 7.95. The molecule has 0 fully saturated rings. The van der Waals surface area contributed by atoms with Crippen LogP contribution in [-0.2, 0) is 10.0 Å². The second-order valence-corrected chi connectivity index (χ2v) is 4.24. The fraction of sp³-hybridized carbons (Fsp3) is 0.286. The summed E-state index contributed by atoms with van der Waals surface area (Å²) in [6, 6.07) is 0.474. The largest absolute Gasteiger partial charge is 0.491 e. The number of sulfonamides is 1. The first-order chi connectivity index (χ1) is 7.27. The molecule has 0 aliphatic carbocycles. The van der Waals surface area contributed by atoms with Crippen LogP contribution in [0.1, 0.15) is 12.1 Å². The molecule has 5 nitrogen and oxygen atoms in total. The lowest BCUT2D eigenvalue weighted by molar-refractivity contribution is 0.144. The number of hydrogen-bond acceptors (Lipinski definition) is 4. The molecule has 1 heterocycles. The Hall–Kier alpha value is -1.35. The number of aromatic nitrogens is 1. The molecule has 0 amide bonds. The Bertz CT molecular complexity index is 504. The minimum atomic E-state index is -4.36.